The molecule has 0 spiro atoms. The normalized spacial score (nSPS) is 8.64. The fourth-order valence-electron chi connectivity index (χ4n) is 0.575. The van der Waals surface area contributed by atoms with Crippen LogP contribution >= 0.6 is 0 Å². The molecule has 0 saturated heterocycles. The maximum atomic E-state index is 10.8. The Labute approximate surface area is 82.8 Å². The molecule has 0 aliphatic rings. The summed E-state index contributed by atoms with van der Waals surface area (Å²) in [5.41, 5.74) is 0.334. The summed E-state index contributed by atoms with van der Waals surface area (Å²) in [6, 6.07) is -0.383. The van der Waals surface area contributed by atoms with Crippen LogP contribution in [0.2, 0.25) is 0 Å². The van der Waals surface area contributed by atoms with Gasteiger partial charge in [-0.2, -0.15) is 0 Å². The van der Waals surface area contributed by atoms with Crippen molar-refractivity contribution in [3.8, 4) is 0 Å². The molecule has 0 aromatic heterocycles. The first-order valence-electron chi connectivity index (χ1n) is 4.06. The molecule has 5 heteroatoms. The molecular weight excluding hydrogens is 184 g/mol. The summed E-state index contributed by atoms with van der Waals surface area (Å²) in [7, 11) is 0. The van der Waals surface area contributed by atoms with Gasteiger partial charge in [0.05, 0.1) is 6.54 Å². The van der Waals surface area contributed by atoms with E-state index in [1.165, 1.54) is 6.20 Å². The summed E-state index contributed by atoms with van der Waals surface area (Å²) in [6.45, 7) is 8.65. The Hall–Kier alpha value is -1.78. The van der Waals surface area contributed by atoms with Crippen LogP contribution in [0.3, 0.4) is 0 Å². The van der Waals surface area contributed by atoms with Crippen LogP contribution < -0.4 is 10.6 Å². The number of ether oxygens (including phenoxy) is 1. The number of hydrogen-bond acceptors (Lipinski definition) is 3. The van der Waals surface area contributed by atoms with Crippen molar-refractivity contribution in [2.75, 3.05) is 13.2 Å². The van der Waals surface area contributed by atoms with E-state index >= 15 is 0 Å². The molecule has 0 unspecified atom stereocenters. The van der Waals surface area contributed by atoms with Gasteiger partial charge >= 0.3 is 12.0 Å². The maximum absolute atomic E-state index is 10.8. The van der Waals surface area contributed by atoms with Crippen molar-refractivity contribution in [3.05, 3.63) is 24.9 Å². The summed E-state index contributed by atoms with van der Waals surface area (Å²) in [5.74, 6) is -0.462. The highest BCUT2D eigenvalue weighted by molar-refractivity contribution is 5.86. The van der Waals surface area contributed by atoms with E-state index in [1.807, 2.05) is 0 Å². The summed E-state index contributed by atoms with van der Waals surface area (Å²) in [6.07, 6.45) is 1.26. The molecule has 0 rings (SSSR count). The van der Waals surface area contributed by atoms with Crippen LogP contribution in [-0.4, -0.2) is 25.2 Å². The molecule has 0 aliphatic carbocycles. The number of urea groups is 1. The molecule has 0 aromatic carbocycles. The lowest BCUT2D eigenvalue weighted by atomic mass is 10.4. The Morgan fingerprint density at radius 3 is 2.64 bits per heavy atom. The molecular formula is C9H14N2O3. The minimum atomic E-state index is -0.462. The molecule has 5 nitrogen and oxygen atoms in total. The van der Waals surface area contributed by atoms with Gasteiger partial charge < -0.3 is 15.4 Å². The average molecular weight is 198 g/mol. The quantitative estimate of drug-likeness (QED) is 0.385. The third-order valence-corrected chi connectivity index (χ3v) is 1.20. The lowest BCUT2D eigenvalue weighted by molar-refractivity contribution is -0.138. The van der Waals surface area contributed by atoms with Gasteiger partial charge in [-0.3, -0.25) is 0 Å². The summed E-state index contributed by atoms with van der Waals surface area (Å²) >= 11 is 0. The van der Waals surface area contributed by atoms with Crippen molar-refractivity contribution in [2.24, 2.45) is 0 Å². The Morgan fingerprint density at radius 1 is 1.50 bits per heavy atom. The first kappa shape index (κ1) is 12.2. The van der Waals surface area contributed by atoms with E-state index in [0.29, 0.717) is 5.57 Å². The van der Waals surface area contributed by atoms with Gasteiger partial charge in [0.2, 0.25) is 0 Å². The van der Waals surface area contributed by atoms with Gasteiger partial charge in [-0.15, -0.1) is 0 Å². The number of nitrogens with one attached hydrogen (secondary N) is 2. The number of hydrogen-bond donors (Lipinski definition) is 2. The SMILES string of the molecule is C=CNC(=O)NCCOC(=O)C(=C)C. The number of amides is 2. The highest BCUT2D eigenvalue weighted by Gasteiger charge is 2.02. The average Bonchev–Trinajstić information content (AvgIpc) is 2.12. The molecule has 78 valence electrons. The van der Waals surface area contributed by atoms with Crippen molar-refractivity contribution < 1.29 is 14.3 Å². The first-order chi connectivity index (χ1) is 6.57. The maximum Gasteiger partial charge on any atom is 0.333 e. The number of carbonyl (C=O) groups is 2. The topological polar surface area (TPSA) is 67.4 Å². The zero-order valence-electron chi connectivity index (χ0n) is 8.13. The van der Waals surface area contributed by atoms with Crippen LogP contribution in [0.1, 0.15) is 6.92 Å². The molecule has 2 amide bonds. The molecule has 0 heterocycles. The van der Waals surface area contributed by atoms with Gasteiger partial charge in [-0.05, 0) is 13.1 Å². The summed E-state index contributed by atoms with van der Waals surface area (Å²) < 4.78 is 4.73. The molecule has 0 radical (unpaired) electrons. The lowest BCUT2D eigenvalue weighted by Gasteiger charge is -2.05. The Kier molecular flexibility index (Phi) is 5.85. The number of carbonyl (C=O) groups excluding carboxylic acids is 2. The second kappa shape index (κ2) is 6.71. The fourth-order valence-corrected chi connectivity index (χ4v) is 0.575. The van der Waals surface area contributed by atoms with Gasteiger partial charge in [0, 0.05) is 5.57 Å². The third kappa shape index (κ3) is 5.82. The second-order valence-electron chi connectivity index (χ2n) is 2.52. The van der Waals surface area contributed by atoms with Crippen LogP contribution in [0.25, 0.3) is 0 Å². The predicted octanol–water partition coefficient (Wildman–Crippen LogP) is 0.548. The molecule has 2 N–H and O–H groups in total. The van der Waals surface area contributed by atoms with Gasteiger partial charge in [-0.1, -0.05) is 13.2 Å². The molecule has 0 atom stereocenters. The van der Waals surface area contributed by atoms with Crippen LogP contribution in [0.5, 0.6) is 0 Å². The van der Waals surface area contributed by atoms with Crippen molar-refractivity contribution >= 4 is 12.0 Å². The number of esters is 1. The van der Waals surface area contributed by atoms with E-state index in [1.54, 1.807) is 6.92 Å². The fraction of sp³-hybridized carbons (Fsp3) is 0.333. The molecule has 0 fully saturated rings. The van der Waals surface area contributed by atoms with Crippen molar-refractivity contribution in [1.29, 1.82) is 0 Å². The van der Waals surface area contributed by atoms with Crippen LogP contribution in [-0.2, 0) is 9.53 Å². The third-order valence-electron chi connectivity index (χ3n) is 1.20. The van der Waals surface area contributed by atoms with Crippen molar-refractivity contribution in [1.82, 2.24) is 10.6 Å². The monoisotopic (exact) mass is 198 g/mol. The molecule has 0 aliphatic heterocycles. The van der Waals surface area contributed by atoms with Gasteiger partial charge in [0.15, 0.2) is 0 Å². The number of rotatable bonds is 5. The van der Waals surface area contributed by atoms with E-state index in [-0.39, 0.29) is 19.2 Å². The van der Waals surface area contributed by atoms with Crippen LogP contribution in [0, 0.1) is 0 Å². The minimum Gasteiger partial charge on any atom is -0.460 e. The van der Waals surface area contributed by atoms with Crippen molar-refractivity contribution in [3.63, 3.8) is 0 Å². The van der Waals surface area contributed by atoms with E-state index in [4.69, 9.17) is 4.74 Å². The summed E-state index contributed by atoms with van der Waals surface area (Å²) in [5, 5.41) is 4.76. The predicted molar refractivity (Wildman–Crippen MR) is 52.5 cm³/mol. The van der Waals surface area contributed by atoms with E-state index in [2.05, 4.69) is 23.8 Å². The zero-order valence-corrected chi connectivity index (χ0v) is 8.13. The van der Waals surface area contributed by atoms with E-state index < -0.39 is 5.97 Å². The Morgan fingerprint density at radius 2 is 2.14 bits per heavy atom. The van der Waals surface area contributed by atoms with E-state index in [0.717, 1.165) is 0 Å². The zero-order chi connectivity index (χ0) is 11.0. The molecule has 0 bridgehead atoms. The van der Waals surface area contributed by atoms with Gasteiger partial charge in [0.1, 0.15) is 6.61 Å². The Balaban J connectivity index is 3.47. The molecule has 0 aromatic rings. The van der Waals surface area contributed by atoms with Crippen LogP contribution in [0.15, 0.2) is 24.9 Å². The lowest BCUT2D eigenvalue weighted by Crippen LogP contribution is -2.34. The van der Waals surface area contributed by atoms with Gasteiger partial charge in [-0.25, -0.2) is 9.59 Å². The summed E-state index contributed by atoms with van der Waals surface area (Å²) in [4.78, 5) is 21.6. The standard InChI is InChI=1S/C9H14N2O3/c1-4-10-9(13)11-5-6-14-8(12)7(2)3/h4H,1-2,5-6H2,3H3,(H2,10,11,13). The van der Waals surface area contributed by atoms with Gasteiger partial charge in [0.25, 0.3) is 0 Å². The minimum absolute atomic E-state index is 0.121. The second-order valence-corrected chi connectivity index (χ2v) is 2.52. The largest absolute Gasteiger partial charge is 0.460 e. The molecule has 0 saturated carbocycles. The molecule has 14 heavy (non-hydrogen) atoms. The van der Waals surface area contributed by atoms with Crippen LogP contribution in [0.4, 0.5) is 4.79 Å². The Bertz CT molecular complexity index is 248. The van der Waals surface area contributed by atoms with Crippen molar-refractivity contribution in [2.45, 2.75) is 6.92 Å². The smallest absolute Gasteiger partial charge is 0.333 e. The highest BCUT2D eigenvalue weighted by atomic mass is 16.5. The first-order valence-corrected chi connectivity index (χ1v) is 4.06. The highest BCUT2D eigenvalue weighted by Crippen LogP contribution is 1.90. The van der Waals surface area contributed by atoms with E-state index in [9.17, 15) is 9.59 Å².